The molecule has 20 heavy (non-hydrogen) atoms. The predicted molar refractivity (Wildman–Crippen MR) is 77.9 cm³/mol. The van der Waals surface area contributed by atoms with E-state index in [4.69, 9.17) is 10.5 Å². The molecule has 2 aromatic rings. The van der Waals surface area contributed by atoms with E-state index in [-0.39, 0.29) is 12.0 Å². The summed E-state index contributed by atoms with van der Waals surface area (Å²) in [5.41, 5.74) is 7.31. The lowest BCUT2D eigenvalue weighted by atomic mass is 9.99. The van der Waals surface area contributed by atoms with Crippen molar-refractivity contribution in [1.29, 1.82) is 0 Å². The van der Waals surface area contributed by atoms with Crippen LogP contribution in [0, 0.1) is 0 Å². The van der Waals surface area contributed by atoms with E-state index in [0.717, 1.165) is 5.56 Å². The number of carbonyl (C=O) groups is 1. The molecule has 2 aromatic carbocycles. The maximum Gasteiger partial charge on any atom is 0.193 e. The molecule has 0 fully saturated rings. The van der Waals surface area contributed by atoms with Gasteiger partial charge < -0.3 is 15.6 Å². The zero-order valence-corrected chi connectivity index (χ0v) is 11.2. The van der Waals surface area contributed by atoms with Crippen LogP contribution in [-0.4, -0.2) is 24.1 Å². The van der Waals surface area contributed by atoms with Crippen LogP contribution in [0.2, 0.25) is 0 Å². The Morgan fingerprint density at radius 3 is 2.60 bits per heavy atom. The minimum atomic E-state index is -1.12. The first-order valence-electron chi connectivity index (χ1n) is 6.31. The van der Waals surface area contributed by atoms with Crippen molar-refractivity contribution in [3.63, 3.8) is 0 Å². The van der Waals surface area contributed by atoms with E-state index >= 15 is 0 Å². The highest BCUT2D eigenvalue weighted by Gasteiger charge is 2.20. The summed E-state index contributed by atoms with van der Waals surface area (Å²) in [6.07, 6.45) is -0.858. The van der Waals surface area contributed by atoms with Gasteiger partial charge in [-0.3, -0.25) is 4.79 Å². The number of rotatable bonds is 5. The summed E-state index contributed by atoms with van der Waals surface area (Å²) in [6, 6.07) is 14.2. The summed E-state index contributed by atoms with van der Waals surface area (Å²) in [5, 5.41) is 10.1. The number of hydrogen-bond donors (Lipinski definition) is 2. The predicted octanol–water partition coefficient (Wildman–Crippen LogP) is 2.06. The number of ether oxygens (including phenoxy) is 1. The second kappa shape index (κ2) is 6.21. The Hall–Kier alpha value is -2.33. The van der Waals surface area contributed by atoms with Crippen LogP contribution in [0.4, 0.5) is 5.69 Å². The van der Waals surface area contributed by atoms with Crippen molar-refractivity contribution in [3.8, 4) is 5.75 Å². The first-order valence-corrected chi connectivity index (χ1v) is 6.31. The number of carbonyl (C=O) groups excluding carboxylic acids is 1. The zero-order valence-electron chi connectivity index (χ0n) is 11.2. The van der Waals surface area contributed by atoms with Crippen molar-refractivity contribution in [2.45, 2.75) is 12.5 Å². The standard InChI is InChI=1S/C16H17NO3/c1-20-12-7-8-14(17)13(10-12)16(19)15(18)9-11-5-3-2-4-6-11/h2-8,10,15,18H,9,17H2,1H3. The minimum absolute atomic E-state index is 0.260. The quantitative estimate of drug-likeness (QED) is 0.645. The minimum Gasteiger partial charge on any atom is -0.497 e. The Morgan fingerprint density at radius 2 is 1.95 bits per heavy atom. The Bertz CT molecular complexity index is 596. The number of benzene rings is 2. The fourth-order valence-corrected chi connectivity index (χ4v) is 1.99. The lowest BCUT2D eigenvalue weighted by Gasteiger charge is -2.12. The SMILES string of the molecule is COc1ccc(N)c(C(=O)C(O)Cc2ccccc2)c1. The average molecular weight is 271 g/mol. The summed E-state index contributed by atoms with van der Waals surface area (Å²) in [4.78, 5) is 12.3. The topological polar surface area (TPSA) is 72.5 Å². The Balaban J connectivity index is 2.18. The monoisotopic (exact) mass is 271 g/mol. The lowest BCUT2D eigenvalue weighted by Crippen LogP contribution is -2.24. The highest BCUT2D eigenvalue weighted by molar-refractivity contribution is 6.04. The fourth-order valence-electron chi connectivity index (χ4n) is 1.99. The van der Waals surface area contributed by atoms with Crippen molar-refractivity contribution in [2.75, 3.05) is 12.8 Å². The molecule has 0 heterocycles. The molecule has 0 aliphatic rings. The molecule has 0 aliphatic carbocycles. The van der Waals surface area contributed by atoms with E-state index in [9.17, 15) is 9.90 Å². The lowest BCUT2D eigenvalue weighted by molar-refractivity contribution is 0.0748. The summed E-state index contributed by atoms with van der Waals surface area (Å²) in [5.74, 6) is 0.139. The van der Waals surface area contributed by atoms with Gasteiger partial charge in [0.1, 0.15) is 11.9 Å². The van der Waals surface area contributed by atoms with Crippen molar-refractivity contribution in [2.24, 2.45) is 0 Å². The molecule has 4 heteroatoms. The Kier molecular flexibility index (Phi) is 4.38. The van der Waals surface area contributed by atoms with Gasteiger partial charge in [-0.1, -0.05) is 30.3 Å². The number of aliphatic hydroxyl groups is 1. The third-order valence-corrected chi connectivity index (χ3v) is 3.10. The second-order valence-electron chi connectivity index (χ2n) is 4.52. The molecule has 0 bridgehead atoms. The van der Waals surface area contributed by atoms with Crippen LogP contribution >= 0.6 is 0 Å². The van der Waals surface area contributed by atoms with Crippen molar-refractivity contribution in [1.82, 2.24) is 0 Å². The van der Waals surface area contributed by atoms with Gasteiger partial charge in [0.15, 0.2) is 5.78 Å². The highest BCUT2D eigenvalue weighted by atomic mass is 16.5. The second-order valence-corrected chi connectivity index (χ2v) is 4.52. The Morgan fingerprint density at radius 1 is 1.25 bits per heavy atom. The number of Topliss-reactive ketones (excluding diaryl/α,β-unsaturated/α-hetero) is 1. The molecule has 0 saturated heterocycles. The van der Waals surface area contributed by atoms with Crippen LogP contribution < -0.4 is 10.5 Å². The molecule has 0 amide bonds. The van der Waals surface area contributed by atoms with Crippen molar-refractivity contribution in [3.05, 3.63) is 59.7 Å². The first-order chi connectivity index (χ1) is 9.61. The van der Waals surface area contributed by atoms with Crippen molar-refractivity contribution >= 4 is 11.5 Å². The molecular formula is C16H17NO3. The van der Waals surface area contributed by atoms with Gasteiger partial charge in [0.05, 0.1) is 7.11 Å². The third kappa shape index (κ3) is 3.16. The molecule has 0 aromatic heterocycles. The molecule has 4 nitrogen and oxygen atoms in total. The average Bonchev–Trinajstić information content (AvgIpc) is 2.48. The van der Waals surface area contributed by atoms with E-state index in [0.29, 0.717) is 11.4 Å². The van der Waals surface area contributed by atoms with E-state index in [1.165, 1.54) is 7.11 Å². The molecule has 0 aliphatic heterocycles. The van der Waals surface area contributed by atoms with Crippen LogP contribution in [0.5, 0.6) is 5.75 Å². The molecule has 0 spiro atoms. The highest BCUT2D eigenvalue weighted by Crippen LogP contribution is 2.21. The fraction of sp³-hybridized carbons (Fsp3) is 0.188. The van der Waals surface area contributed by atoms with E-state index in [1.54, 1.807) is 18.2 Å². The summed E-state index contributed by atoms with van der Waals surface area (Å²) in [6.45, 7) is 0. The van der Waals surface area contributed by atoms with Gasteiger partial charge in [-0.25, -0.2) is 0 Å². The van der Waals surface area contributed by atoms with Gasteiger partial charge in [-0.05, 0) is 23.8 Å². The number of hydrogen-bond acceptors (Lipinski definition) is 4. The smallest absolute Gasteiger partial charge is 0.193 e. The summed E-state index contributed by atoms with van der Waals surface area (Å²) < 4.78 is 5.07. The van der Waals surface area contributed by atoms with Crippen LogP contribution in [0.15, 0.2) is 48.5 Å². The normalized spacial score (nSPS) is 11.9. The van der Waals surface area contributed by atoms with Gasteiger partial charge >= 0.3 is 0 Å². The third-order valence-electron chi connectivity index (χ3n) is 3.10. The Labute approximate surface area is 117 Å². The van der Waals surface area contributed by atoms with Crippen LogP contribution in [0.3, 0.4) is 0 Å². The van der Waals surface area contributed by atoms with E-state index < -0.39 is 11.9 Å². The summed E-state index contributed by atoms with van der Waals surface area (Å²) in [7, 11) is 1.51. The largest absolute Gasteiger partial charge is 0.497 e. The van der Waals surface area contributed by atoms with Gasteiger partial charge in [0.2, 0.25) is 0 Å². The van der Waals surface area contributed by atoms with Crippen LogP contribution in [0.1, 0.15) is 15.9 Å². The molecule has 104 valence electrons. The van der Waals surface area contributed by atoms with Crippen LogP contribution in [0.25, 0.3) is 0 Å². The van der Waals surface area contributed by atoms with Gasteiger partial charge in [-0.15, -0.1) is 0 Å². The molecule has 0 saturated carbocycles. The number of methoxy groups -OCH3 is 1. The molecule has 1 atom stereocenters. The number of nitrogens with two attached hydrogens (primary N) is 1. The van der Waals surface area contributed by atoms with Crippen molar-refractivity contribution < 1.29 is 14.6 Å². The van der Waals surface area contributed by atoms with Gasteiger partial charge in [0, 0.05) is 17.7 Å². The number of anilines is 1. The molecule has 2 rings (SSSR count). The zero-order chi connectivity index (χ0) is 14.5. The van der Waals surface area contributed by atoms with Crippen LogP contribution in [-0.2, 0) is 6.42 Å². The van der Waals surface area contributed by atoms with E-state index in [1.807, 2.05) is 30.3 Å². The maximum absolute atomic E-state index is 12.3. The number of aliphatic hydroxyl groups excluding tert-OH is 1. The number of ketones is 1. The maximum atomic E-state index is 12.3. The summed E-state index contributed by atoms with van der Waals surface area (Å²) >= 11 is 0. The van der Waals surface area contributed by atoms with Gasteiger partial charge in [-0.2, -0.15) is 0 Å². The number of nitrogen functional groups attached to an aromatic ring is 1. The molecular weight excluding hydrogens is 254 g/mol. The van der Waals surface area contributed by atoms with Gasteiger partial charge in [0.25, 0.3) is 0 Å². The molecule has 3 N–H and O–H groups in total. The first kappa shape index (κ1) is 14.1. The van der Waals surface area contributed by atoms with E-state index in [2.05, 4.69) is 0 Å². The molecule has 0 radical (unpaired) electrons. The molecule has 1 unspecified atom stereocenters.